The van der Waals surface area contributed by atoms with Gasteiger partial charge in [-0.25, -0.2) is 9.07 Å². The van der Waals surface area contributed by atoms with E-state index in [9.17, 15) is 27.2 Å². The molecule has 166 valence electrons. The van der Waals surface area contributed by atoms with Crippen molar-refractivity contribution in [3.05, 3.63) is 47.5 Å². The van der Waals surface area contributed by atoms with Crippen molar-refractivity contribution < 1.29 is 36.6 Å². The highest BCUT2D eigenvalue weighted by atomic mass is 19.4. The standard InChI is InChI=1S/C20H19F4N3O4/c1-30-18(29)19-6-7-31-10-12(19)9-26(11-19)17(28)13-8-25-27(16(13)20(22,23)24)15-5-3-2-4-14(15)21/h2-5,8,12H,6-7,9-11H2,1H3/t12-,19+/m0/s1. The number of esters is 1. The number of amides is 1. The molecule has 0 saturated carbocycles. The van der Waals surface area contributed by atoms with Crippen LogP contribution in [0.1, 0.15) is 22.5 Å². The Hall–Kier alpha value is -2.95. The zero-order valence-corrected chi connectivity index (χ0v) is 16.5. The summed E-state index contributed by atoms with van der Waals surface area (Å²) in [5, 5.41) is 3.66. The van der Waals surface area contributed by atoms with E-state index in [0.29, 0.717) is 11.1 Å². The molecule has 2 saturated heterocycles. The van der Waals surface area contributed by atoms with Crippen molar-refractivity contribution in [2.75, 3.05) is 33.4 Å². The zero-order valence-electron chi connectivity index (χ0n) is 16.5. The second kappa shape index (κ2) is 7.63. The van der Waals surface area contributed by atoms with Gasteiger partial charge in [0.15, 0.2) is 5.69 Å². The van der Waals surface area contributed by atoms with Crippen LogP contribution in [0, 0.1) is 17.2 Å². The predicted molar refractivity (Wildman–Crippen MR) is 97.8 cm³/mol. The lowest BCUT2D eigenvalue weighted by Gasteiger charge is -2.35. The molecule has 2 aromatic rings. The van der Waals surface area contributed by atoms with Crippen molar-refractivity contribution in [1.29, 1.82) is 0 Å². The highest BCUT2D eigenvalue weighted by molar-refractivity contribution is 5.96. The molecule has 2 atom stereocenters. The van der Waals surface area contributed by atoms with Crippen molar-refractivity contribution in [2.24, 2.45) is 11.3 Å². The summed E-state index contributed by atoms with van der Waals surface area (Å²) in [7, 11) is 1.23. The van der Waals surface area contributed by atoms with Gasteiger partial charge in [0.25, 0.3) is 5.91 Å². The van der Waals surface area contributed by atoms with Crippen molar-refractivity contribution >= 4 is 11.9 Å². The molecule has 31 heavy (non-hydrogen) atoms. The van der Waals surface area contributed by atoms with Gasteiger partial charge < -0.3 is 14.4 Å². The number of methoxy groups -OCH3 is 1. The van der Waals surface area contributed by atoms with E-state index in [1.807, 2.05) is 0 Å². The minimum Gasteiger partial charge on any atom is -0.469 e. The van der Waals surface area contributed by atoms with Crippen LogP contribution in [0.2, 0.25) is 0 Å². The molecule has 1 aromatic carbocycles. The molecule has 11 heteroatoms. The molecule has 0 aliphatic carbocycles. The summed E-state index contributed by atoms with van der Waals surface area (Å²) in [6, 6.07) is 4.85. The third kappa shape index (κ3) is 3.46. The summed E-state index contributed by atoms with van der Waals surface area (Å²) in [5.41, 5.74) is -3.54. The maximum atomic E-state index is 14.1. The number of para-hydroxylation sites is 1. The molecule has 1 amide bonds. The van der Waals surface area contributed by atoms with Gasteiger partial charge in [0, 0.05) is 25.6 Å². The molecule has 0 spiro atoms. The lowest BCUT2D eigenvalue weighted by Crippen LogP contribution is -2.45. The molecule has 0 bridgehead atoms. The van der Waals surface area contributed by atoms with Crippen molar-refractivity contribution in [3.8, 4) is 5.69 Å². The third-order valence-electron chi connectivity index (χ3n) is 5.93. The monoisotopic (exact) mass is 441 g/mol. The molecular weight excluding hydrogens is 422 g/mol. The van der Waals surface area contributed by atoms with Gasteiger partial charge in [-0.3, -0.25) is 9.59 Å². The Morgan fingerprint density at radius 3 is 2.71 bits per heavy atom. The number of alkyl halides is 3. The number of carbonyl (C=O) groups excluding carboxylic acids is 2. The van der Waals surface area contributed by atoms with Crippen LogP contribution in [-0.4, -0.2) is 60.0 Å². The van der Waals surface area contributed by atoms with Gasteiger partial charge in [0.2, 0.25) is 0 Å². The van der Waals surface area contributed by atoms with Crippen LogP contribution in [0.25, 0.3) is 5.69 Å². The molecule has 1 aromatic heterocycles. The lowest BCUT2D eigenvalue weighted by molar-refractivity contribution is -0.161. The Balaban J connectivity index is 1.73. The fourth-order valence-corrected chi connectivity index (χ4v) is 4.40. The minimum atomic E-state index is -4.97. The molecule has 0 N–H and O–H groups in total. The van der Waals surface area contributed by atoms with Gasteiger partial charge in [0.05, 0.1) is 30.9 Å². The van der Waals surface area contributed by atoms with Crippen LogP contribution in [0.3, 0.4) is 0 Å². The number of carbonyl (C=O) groups is 2. The molecular formula is C20H19F4N3O4. The predicted octanol–water partition coefficient (Wildman–Crippen LogP) is 2.68. The largest absolute Gasteiger partial charge is 0.469 e. The molecule has 0 radical (unpaired) electrons. The van der Waals surface area contributed by atoms with Crippen LogP contribution in [0.15, 0.2) is 30.5 Å². The smallest absolute Gasteiger partial charge is 0.434 e. The molecule has 2 aliphatic rings. The highest BCUT2D eigenvalue weighted by Crippen LogP contribution is 2.44. The van der Waals surface area contributed by atoms with E-state index in [-0.39, 0.29) is 26.3 Å². The average Bonchev–Trinajstić information content (AvgIpc) is 3.35. The number of hydrogen-bond acceptors (Lipinski definition) is 5. The van der Waals surface area contributed by atoms with E-state index in [1.54, 1.807) is 0 Å². The van der Waals surface area contributed by atoms with Crippen molar-refractivity contribution in [3.63, 3.8) is 0 Å². The molecule has 0 unspecified atom stereocenters. The number of benzene rings is 1. The quantitative estimate of drug-likeness (QED) is 0.541. The number of ether oxygens (including phenoxy) is 2. The van der Waals surface area contributed by atoms with Gasteiger partial charge in [-0.15, -0.1) is 0 Å². The van der Waals surface area contributed by atoms with E-state index in [0.717, 1.165) is 18.3 Å². The van der Waals surface area contributed by atoms with E-state index in [4.69, 9.17) is 9.47 Å². The number of halogens is 4. The van der Waals surface area contributed by atoms with Gasteiger partial charge in [-0.2, -0.15) is 18.3 Å². The van der Waals surface area contributed by atoms with Crippen molar-refractivity contribution in [2.45, 2.75) is 12.6 Å². The summed E-state index contributed by atoms with van der Waals surface area (Å²) in [5.74, 6) is -2.76. The first-order valence-corrected chi connectivity index (χ1v) is 9.54. The third-order valence-corrected chi connectivity index (χ3v) is 5.93. The summed E-state index contributed by atoms with van der Waals surface area (Å²) in [4.78, 5) is 26.8. The van der Waals surface area contributed by atoms with Crippen molar-refractivity contribution in [1.82, 2.24) is 14.7 Å². The second-order valence-electron chi connectivity index (χ2n) is 7.62. The topological polar surface area (TPSA) is 73.7 Å². The first kappa shape index (κ1) is 21.3. The number of hydrogen-bond donors (Lipinski definition) is 0. The maximum Gasteiger partial charge on any atom is 0.434 e. The first-order chi connectivity index (χ1) is 14.7. The molecule has 3 heterocycles. The molecule has 2 aliphatic heterocycles. The average molecular weight is 441 g/mol. The summed E-state index contributed by atoms with van der Waals surface area (Å²) in [6.07, 6.45) is -3.89. The van der Waals surface area contributed by atoms with E-state index >= 15 is 0 Å². The van der Waals surface area contributed by atoms with E-state index in [2.05, 4.69) is 5.10 Å². The molecule has 7 nitrogen and oxygen atoms in total. The highest BCUT2D eigenvalue weighted by Gasteiger charge is 2.56. The van der Waals surface area contributed by atoms with Gasteiger partial charge in [-0.05, 0) is 18.6 Å². The van der Waals surface area contributed by atoms with Crippen LogP contribution in [-0.2, 0) is 20.4 Å². The second-order valence-corrected chi connectivity index (χ2v) is 7.62. The number of fused-ring (bicyclic) bond motifs is 1. The SMILES string of the molecule is COC(=O)[C@@]12CCOC[C@@H]1CN(C(=O)c1cnn(-c3ccccc3F)c1C(F)(F)F)C2. The molecule has 2 fully saturated rings. The molecule has 4 rings (SSSR count). The Morgan fingerprint density at radius 2 is 2.03 bits per heavy atom. The van der Waals surface area contributed by atoms with Crippen LogP contribution < -0.4 is 0 Å². The summed E-state index contributed by atoms with van der Waals surface area (Å²) < 4.78 is 66.6. The number of rotatable bonds is 3. The van der Waals surface area contributed by atoms with Crippen LogP contribution >= 0.6 is 0 Å². The number of likely N-dealkylation sites (tertiary alicyclic amines) is 1. The zero-order chi connectivity index (χ0) is 22.4. The minimum absolute atomic E-state index is 0.0378. The summed E-state index contributed by atoms with van der Waals surface area (Å²) in [6.45, 7) is 0.428. The Morgan fingerprint density at radius 1 is 1.29 bits per heavy atom. The Kier molecular flexibility index (Phi) is 5.24. The van der Waals surface area contributed by atoms with Crippen LogP contribution in [0.4, 0.5) is 17.6 Å². The lowest BCUT2D eigenvalue weighted by atomic mass is 9.74. The van der Waals surface area contributed by atoms with Gasteiger partial charge >= 0.3 is 12.1 Å². The van der Waals surface area contributed by atoms with Crippen LogP contribution in [0.5, 0.6) is 0 Å². The fraction of sp³-hybridized carbons (Fsp3) is 0.450. The normalized spacial score (nSPS) is 23.5. The van der Waals surface area contributed by atoms with E-state index in [1.165, 1.54) is 24.1 Å². The van der Waals surface area contributed by atoms with E-state index < -0.39 is 52.1 Å². The Bertz CT molecular complexity index is 1020. The fourth-order valence-electron chi connectivity index (χ4n) is 4.40. The number of nitrogens with zero attached hydrogens (tertiary/aromatic N) is 3. The first-order valence-electron chi connectivity index (χ1n) is 9.54. The maximum absolute atomic E-state index is 14.1. The van der Waals surface area contributed by atoms with Gasteiger partial charge in [-0.1, -0.05) is 12.1 Å². The Labute approximate surface area is 174 Å². The summed E-state index contributed by atoms with van der Waals surface area (Å²) >= 11 is 0. The van der Waals surface area contributed by atoms with Gasteiger partial charge in [0.1, 0.15) is 11.5 Å². The number of aromatic nitrogens is 2.